The van der Waals surface area contributed by atoms with Crippen molar-refractivity contribution in [2.45, 2.75) is 48.5 Å². The van der Waals surface area contributed by atoms with E-state index in [4.69, 9.17) is 0 Å². The van der Waals surface area contributed by atoms with Gasteiger partial charge < -0.3 is 0 Å². The van der Waals surface area contributed by atoms with Crippen molar-refractivity contribution < 1.29 is 4.79 Å². The first-order chi connectivity index (χ1) is 12.0. The Kier molecular flexibility index (Phi) is 16.1. The highest BCUT2D eigenvalue weighted by Gasteiger charge is 2.01. The van der Waals surface area contributed by atoms with Crippen LogP contribution in [0.5, 0.6) is 0 Å². The molecule has 0 amide bonds. The third-order valence-corrected chi connectivity index (χ3v) is 3.02. The fraction of sp³-hybridized carbons (Fsp3) is 0.292. The molecule has 0 aromatic heterocycles. The molecule has 1 nitrogen and oxygen atoms in total. The highest BCUT2D eigenvalue weighted by Crippen LogP contribution is 2.10. The van der Waals surface area contributed by atoms with Crippen LogP contribution < -0.4 is 0 Å². The van der Waals surface area contributed by atoms with Gasteiger partial charge in [-0.25, -0.2) is 0 Å². The number of hydrogen-bond donors (Lipinski definition) is 0. The average molecular weight is 337 g/mol. The van der Waals surface area contributed by atoms with Gasteiger partial charge in [-0.05, 0) is 51.8 Å². The zero-order chi connectivity index (χ0) is 19.7. The molecule has 0 aliphatic carbocycles. The van der Waals surface area contributed by atoms with Crippen molar-refractivity contribution in [1.82, 2.24) is 0 Å². The molecule has 0 saturated heterocycles. The molecule has 1 aromatic carbocycles. The van der Waals surface area contributed by atoms with E-state index in [0.717, 1.165) is 16.7 Å². The summed E-state index contributed by atoms with van der Waals surface area (Å²) in [4.78, 5) is 11.2. The summed E-state index contributed by atoms with van der Waals surface area (Å²) in [7, 11) is 0. The summed E-state index contributed by atoms with van der Waals surface area (Å²) in [6, 6.07) is 5.63. The molecule has 0 atom stereocenters. The molecule has 0 heterocycles. The summed E-state index contributed by atoms with van der Waals surface area (Å²) >= 11 is 0. The maximum atomic E-state index is 11.2. The lowest BCUT2D eigenvalue weighted by molar-refractivity contribution is 0.101. The molecule has 0 aliphatic rings. The van der Waals surface area contributed by atoms with Crippen LogP contribution in [0, 0.1) is 18.8 Å². The minimum Gasteiger partial charge on any atom is -0.295 e. The number of carbonyl (C=O) groups is 1. The van der Waals surface area contributed by atoms with Crippen molar-refractivity contribution >= 4 is 5.78 Å². The van der Waals surface area contributed by atoms with Crippen molar-refractivity contribution in [3.63, 3.8) is 0 Å². The Morgan fingerprint density at radius 3 is 2.20 bits per heavy atom. The fourth-order valence-electron chi connectivity index (χ4n) is 1.47. The highest BCUT2D eigenvalue weighted by molar-refractivity contribution is 5.94. The van der Waals surface area contributed by atoms with Gasteiger partial charge in [-0.1, -0.05) is 80.9 Å². The van der Waals surface area contributed by atoms with Crippen LogP contribution in [0.1, 0.15) is 63.0 Å². The topological polar surface area (TPSA) is 17.1 Å². The molecule has 1 heteroatoms. The zero-order valence-corrected chi connectivity index (χ0v) is 16.8. The van der Waals surface area contributed by atoms with E-state index < -0.39 is 0 Å². The van der Waals surface area contributed by atoms with E-state index in [1.165, 1.54) is 0 Å². The molecule has 25 heavy (non-hydrogen) atoms. The smallest absolute Gasteiger partial charge is 0.159 e. The predicted octanol–water partition coefficient (Wildman–Crippen LogP) is 6.85. The first kappa shape index (κ1) is 24.7. The molecule has 1 rings (SSSR count). The van der Waals surface area contributed by atoms with Crippen molar-refractivity contribution in [1.29, 1.82) is 0 Å². The second kappa shape index (κ2) is 16.3. The van der Waals surface area contributed by atoms with Crippen LogP contribution in [0.25, 0.3) is 0 Å². The SMILES string of the molecule is C/C=C(\C)C#Cc1cc(C(C)=O)ccc1C.C=C/C=C\C=C/C.CC. The molecule has 0 fully saturated rings. The van der Waals surface area contributed by atoms with Crippen molar-refractivity contribution in [2.24, 2.45) is 0 Å². The summed E-state index contributed by atoms with van der Waals surface area (Å²) in [6.45, 7) is 17.0. The Morgan fingerprint density at radius 1 is 1.08 bits per heavy atom. The van der Waals surface area contributed by atoms with Crippen LogP contribution in [-0.4, -0.2) is 5.78 Å². The first-order valence-electron chi connectivity index (χ1n) is 8.63. The van der Waals surface area contributed by atoms with Crippen molar-refractivity contribution in [3.8, 4) is 11.8 Å². The normalized spacial score (nSPS) is 10.1. The van der Waals surface area contributed by atoms with Crippen LogP contribution in [0.3, 0.4) is 0 Å². The van der Waals surface area contributed by atoms with Crippen LogP contribution in [0.4, 0.5) is 0 Å². The van der Waals surface area contributed by atoms with E-state index in [9.17, 15) is 4.79 Å². The molecule has 1 aromatic rings. The van der Waals surface area contributed by atoms with Gasteiger partial charge in [-0.2, -0.15) is 0 Å². The Hall–Kier alpha value is -2.59. The summed E-state index contributed by atoms with van der Waals surface area (Å²) in [5.41, 5.74) is 3.77. The minimum atomic E-state index is 0.0748. The number of Topliss-reactive ketones (excluding diaryl/α,β-unsaturated/α-hetero) is 1. The largest absolute Gasteiger partial charge is 0.295 e. The molecule has 0 saturated carbocycles. The van der Waals surface area contributed by atoms with Gasteiger partial charge in [0.15, 0.2) is 5.78 Å². The Morgan fingerprint density at radius 2 is 1.72 bits per heavy atom. The fourth-order valence-corrected chi connectivity index (χ4v) is 1.47. The zero-order valence-electron chi connectivity index (χ0n) is 16.8. The van der Waals surface area contributed by atoms with Gasteiger partial charge in [0.05, 0.1) is 0 Å². The van der Waals surface area contributed by atoms with Crippen LogP contribution in [-0.2, 0) is 0 Å². The third kappa shape index (κ3) is 12.5. The van der Waals surface area contributed by atoms with Gasteiger partial charge >= 0.3 is 0 Å². The number of aryl methyl sites for hydroxylation is 1. The molecule has 0 N–H and O–H groups in total. The lowest BCUT2D eigenvalue weighted by Crippen LogP contribution is -1.94. The standard InChI is InChI=1S/C15H16O.C7H10.C2H6/c1-5-11(2)6-8-14-10-15(13(4)16)9-7-12(14)3;1-3-5-7-6-4-2;1-2/h5,7,9-10H,1-4H3;3-7H,1H2,2H3;1-2H3/b11-5+;6-4-,7-5-;. The number of allylic oxidation sites excluding steroid dienone is 7. The van der Waals surface area contributed by atoms with E-state index in [1.807, 2.05) is 90.1 Å². The van der Waals surface area contributed by atoms with Gasteiger partial charge in [-0.15, -0.1) is 0 Å². The second-order valence-electron chi connectivity index (χ2n) is 4.95. The Balaban J connectivity index is 0. The molecular formula is C24H32O. The number of rotatable bonds is 3. The third-order valence-electron chi connectivity index (χ3n) is 3.02. The van der Waals surface area contributed by atoms with E-state index in [2.05, 4.69) is 18.4 Å². The van der Waals surface area contributed by atoms with Crippen molar-refractivity contribution in [2.75, 3.05) is 0 Å². The average Bonchev–Trinajstić information content (AvgIpc) is 2.63. The number of benzene rings is 1. The van der Waals surface area contributed by atoms with Crippen LogP contribution in [0.15, 0.2) is 66.8 Å². The van der Waals surface area contributed by atoms with Crippen molar-refractivity contribution in [3.05, 3.63) is 83.5 Å². The van der Waals surface area contributed by atoms with E-state index in [1.54, 1.807) is 13.0 Å². The Labute approximate surface area is 154 Å². The van der Waals surface area contributed by atoms with Gasteiger partial charge in [0, 0.05) is 11.1 Å². The van der Waals surface area contributed by atoms with E-state index in [-0.39, 0.29) is 5.78 Å². The molecule has 0 radical (unpaired) electrons. The second-order valence-corrected chi connectivity index (χ2v) is 4.95. The molecule has 134 valence electrons. The number of carbonyl (C=O) groups excluding carboxylic acids is 1. The van der Waals surface area contributed by atoms with E-state index in [0.29, 0.717) is 5.56 Å². The maximum Gasteiger partial charge on any atom is 0.159 e. The quantitative estimate of drug-likeness (QED) is 0.335. The summed E-state index contributed by atoms with van der Waals surface area (Å²) in [5.74, 6) is 6.22. The molecule has 0 aliphatic heterocycles. The summed E-state index contributed by atoms with van der Waals surface area (Å²) in [5, 5.41) is 0. The first-order valence-corrected chi connectivity index (χ1v) is 8.63. The van der Waals surface area contributed by atoms with Gasteiger partial charge in [0.25, 0.3) is 0 Å². The van der Waals surface area contributed by atoms with Crippen LogP contribution >= 0.6 is 0 Å². The van der Waals surface area contributed by atoms with Crippen LogP contribution in [0.2, 0.25) is 0 Å². The van der Waals surface area contributed by atoms with Gasteiger partial charge in [-0.3, -0.25) is 4.79 Å². The monoisotopic (exact) mass is 336 g/mol. The number of hydrogen-bond acceptors (Lipinski definition) is 1. The van der Waals surface area contributed by atoms with E-state index >= 15 is 0 Å². The van der Waals surface area contributed by atoms with Gasteiger partial charge in [0.2, 0.25) is 0 Å². The molecule has 0 bridgehead atoms. The maximum absolute atomic E-state index is 11.2. The Bertz CT molecular complexity index is 674. The summed E-state index contributed by atoms with van der Waals surface area (Å²) < 4.78 is 0. The lowest BCUT2D eigenvalue weighted by Gasteiger charge is -2.00. The molecule has 0 unspecified atom stereocenters. The molecular weight excluding hydrogens is 304 g/mol. The number of ketones is 1. The molecule has 0 spiro atoms. The minimum absolute atomic E-state index is 0.0748. The predicted molar refractivity (Wildman–Crippen MR) is 113 cm³/mol. The highest BCUT2D eigenvalue weighted by atomic mass is 16.1. The lowest BCUT2D eigenvalue weighted by atomic mass is 10.0. The van der Waals surface area contributed by atoms with Gasteiger partial charge in [0.1, 0.15) is 0 Å². The summed E-state index contributed by atoms with van der Waals surface area (Å²) in [6.07, 6.45) is 11.5.